The number of carbonyl (C=O) groups excluding carboxylic acids is 1. The van der Waals surface area contributed by atoms with Gasteiger partial charge in [-0.2, -0.15) is 0 Å². The summed E-state index contributed by atoms with van der Waals surface area (Å²) < 4.78 is 0. The van der Waals surface area contributed by atoms with Crippen molar-refractivity contribution in [1.29, 1.82) is 0 Å². The minimum Gasteiger partial charge on any atom is -0.349 e. The van der Waals surface area contributed by atoms with Crippen molar-refractivity contribution in [2.45, 2.75) is 25.8 Å². The van der Waals surface area contributed by atoms with Crippen LogP contribution in [0.3, 0.4) is 0 Å². The Balaban J connectivity index is 1.50. The molecule has 3 rings (SSSR count). The number of hydrogen-bond acceptors (Lipinski definition) is 2. The number of aryl methyl sites for hydroxylation is 1. The highest BCUT2D eigenvalue weighted by atomic mass is 35.5. The molecule has 0 saturated carbocycles. The molecule has 0 atom stereocenters. The van der Waals surface area contributed by atoms with Crippen molar-refractivity contribution in [3.8, 4) is 0 Å². The second-order valence-electron chi connectivity index (χ2n) is 6.51. The first-order valence-corrected chi connectivity index (χ1v) is 9.49. The number of rotatable bonds is 3. The van der Waals surface area contributed by atoms with Crippen molar-refractivity contribution >= 4 is 40.5 Å². The van der Waals surface area contributed by atoms with Crippen LogP contribution in [0.2, 0.25) is 5.02 Å². The van der Waals surface area contributed by atoms with Crippen molar-refractivity contribution in [3.63, 3.8) is 0 Å². The molecule has 4 nitrogen and oxygen atoms in total. The van der Waals surface area contributed by atoms with E-state index >= 15 is 0 Å². The molecule has 0 radical (unpaired) electrons. The zero-order valence-electron chi connectivity index (χ0n) is 14.7. The van der Waals surface area contributed by atoms with Crippen molar-refractivity contribution in [3.05, 3.63) is 64.7 Å². The van der Waals surface area contributed by atoms with Crippen LogP contribution >= 0.6 is 23.8 Å². The van der Waals surface area contributed by atoms with E-state index in [-0.39, 0.29) is 11.9 Å². The molecule has 1 aliphatic heterocycles. The minimum absolute atomic E-state index is 0.0103. The summed E-state index contributed by atoms with van der Waals surface area (Å²) in [5.74, 6) is -0.0103. The third-order valence-electron chi connectivity index (χ3n) is 4.51. The maximum atomic E-state index is 12.4. The molecule has 0 spiro atoms. The largest absolute Gasteiger partial charge is 0.349 e. The van der Waals surface area contributed by atoms with Gasteiger partial charge in [0.1, 0.15) is 0 Å². The predicted octanol–water partition coefficient (Wildman–Crippen LogP) is 4.24. The molecule has 6 heteroatoms. The van der Waals surface area contributed by atoms with E-state index in [1.165, 1.54) is 0 Å². The van der Waals surface area contributed by atoms with E-state index in [1.54, 1.807) is 0 Å². The Morgan fingerprint density at radius 3 is 2.58 bits per heavy atom. The van der Waals surface area contributed by atoms with Crippen molar-refractivity contribution < 1.29 is 4.79 Å². The lowest BCUT2D eigenvalue weighted by atomic mass is 10.0. The summed E-state index contributed by atoms with van der Waals surface area (Å²) >= 11 is 11.7. The summed E-state index contributed by atoms with van der Waals surface area (Å²) in [5.41, 5.74) is 2.61. The average Bonchev–Trinajstić information content (AvgIpc) is 2.64. The van der Waals surface area contributed by atoms with Gasteiger partial charge in [0.15, 0.2) is 5.11 Å². The van der Waals surface area contributed by atoms with Crippen LogP contribution in [0.25, 0.3) is 0 Å². The molecule has 1 saturated heterocycles. The van der Waals surface area contributed by atoms with E-state index in [4.69, 9.17) is 23.8 Å². The number of amides is 1. The first-order chi connectivity index (χ1) is 12.5. The van der Waals surface area contributed by atoms with Crippen molar-refractivity contribution in [2.75, 3.05) is 18.4 Å². The Morgan fingerprint density at radius 1 is 1.15 bits per heavy atom. The van der Waals surface area contributed by atoms with Gasteiger partial charge in [0.2, 0.25) is 0 Å². The fourth-order valence-electron chi connectivity index (χ4n) is 3.04. The smallest absolute Gasteiger partial charge is 0.251 e. The summed E-state index contributed by atoms with van der Waals surface area (Å²) in [7, 11) is 0. The van der Waals surface area contributed by atoms with Gasteiger partial charge in [-0.15, -0.1) is 0 Å². The number of nitrogens with one attached hydrogen (secondary N) is 2. The molecule has 2 aromatic carbocycles. The zero-order valence-corrected chi connectivity index (χ0v) is 16.2. The van der Waals surface area contributed by atoms with Gasteiger partial charge in [-0.25, -0.2) is 0 Å². The van der Waals surface area contributed by atoms with Crippen LogP contribution in [0, 0.1) is 6.92 Å². The van der Waals surface area contributed by atoms with E-state index in [0.29, 0.717) is 15.7 Å². The van der Waals surface area contributed by atoms with E-state index in [1.807, 2.05) is 55.5 Å². The summed E-state index contributed by atoms with van der Waals surface area (Å²) in [6, 6.07) is 15.4. The first-order valence-electron chi connectivity index (χ1n) is 8.71. The highest BCUT2D eigenvalue weighted by Gasteiger charge is 2.23. The van der Waals surface area contributed by atoms with Gasteiger partial charge in [-0.1, -0.05) is 41.4 Å². The van der Waals surface area contributed by atoms with E-state index in [2.05, 4.69) is 15.5 Å². The highest BCUT2D eigenvalue weighted by molar-refractivity contribution is 7.80. The maximum absolute atomic E-state index is 12.4. The number of para-hydroxylation sites is 1. The van der Waals surface area contributed by atoms with Gasteiger partial charge in [0.25, 0.3) is 5.91 Å². The van der Waals surface area contributed by atoms with Gasteiger partial charge in [-0.3, -0.25) is 4.79 Å². The lowest BCUT2D eigenvalue weighted by Crippen LogP contribution is -2.47. The molecule has 0 aliphatic carbocycles. The summed E-state index contributed by atoms with van der Waals surface area (Å²) in [4.78, 5) is 14.5. The van der Waals surface area contributed by atoms with Crippen LogP contribution in [-0.2, 0) is 0 Å². The third kappa shape index (κ3) is 4.74. The topological polar surface area (TPSA) is 44.4 Å². The van der Waals surface area contributed by atoms with Gasteiger partial charge in [0, 0.05) is 24.7 Å². The van der Waals surface area contributed by atoms with Gasteiger partial charge in [0.05, 0.1) is 10.7 Å². The predicted molar refractivity (Wildman–Crippen MR) is 111 cm³/mol. The molecule has 1 amide bonds. The van der Waals surface area contributed by atoms with Gasteiger partial charge < -0.3 is 15.5 Å². The molecule has 26 heavy (non-hydrogen) atoms. The van der Waals surface area contributed by atoms with Crippen LogP contribution < -0.4 is 10.6 Å². The quantitative estimate of drug-likeness (QED) is 0.773. The monoisotopic (exact) mass is 387 g/mol. The highest BCUT2D eigenvalue weighted by Crippen LogP contribution is 2.21. The molecular weight excluding hydrogens is 366 g/mol. The van der Waals surface area contributed by atoms with E-state index in [0.717, 1.165) is 37.2 Å². The molecule has 0 aromatic heterocycles. The zero-order chi connectivity index (χ0) is 18.5. The fourth-order valence-corrected chi connectivity index (χ4v) is 3.51. The lowest BCUT2D eigenvalue weighted by molar-refractivity contribution is 0.0922. The number of halogens is 1. The summed E-state index contributed by atoms with van der Waals surface area (Å²) in [5, 5.41) is 7.65. The Kier molecular flexibility index (Phi) is 6.12. The molecule has 0 unspecified atom stereocenters. The SMILES string of the molecule is Cc1cccc(C(=O)NC2CCN(C(=S)Nc3ccccc3Cl)CC2)c1. The van der Waals surface area contributed by atoms with Crippen molar-refractivity contribution in [2.24, 2.45) is 0 Å². The fraction of sp³-hybridized carbons (Fsp3) is 0.300. The number of thiocarbonyl (C=S) groups is 1. The Labute approximate surface area is 164 Å². The Bertz CT molecular complexity index is 803. The number of hydrogen-bond donors (Lipinski definition) is 2. The number of nitrogens with zero attached hydrogens (tertiary/aromatic N) is 1. The van der Waals surface area contributed by atoms with E-state index < -0.39 is 0 Å². The molecule has 0 bridgehead atoms. The van der Waals surface area contributed by atoms with Crippen molar-refractivity contribution in [1.82, 2.24) is 10.2 Å². The number of piperidine rings is 1. The molecule has 136 valence electrons. The standard InChI is InChI=1S/C20H22ClN3OS/c1-14-5-4-6-15(13-14)19(25)22-16-9-11-24(12-10-16)20(26)23-18-8-3-2-7-17(18)21/h2-8,13,16H,9-12H2,1H3,(H,22,25)(H,23,26). The van der Waals surface area contributed by atoms with Gasteiger partial charge >= 0.3 is 0 Å². The minimum atomic E-state index is -0.0103. The number of anilines is 1. The van der Waals surface area contributed by atoms with Crippen LogP contribution in [0.15, 0.2) is 48.5 Å². The number of likely N-dealkylation sites (tertiary alicyclic amines) is 1. The molecule has 1 fully saturated rings. The third-order valence-corrected chi connectivity index (χ3v) is 5.20. The first kappa shape index (κ1) is 18.7. The van der Waals surface area contributed by atoms with E-state index in [9.17, 15) is 4.79 Å². The molecule has 1 heterocycles. The second kappa shape index (κ2) is 8.52. The van der Waals surface area contributed by atoms with Crippen LogP contribution in [0.1, 0.15) is 28.8 Å². The summed E-state index contributed by atoms with van der Waals surface area (Å²) in [6.45, 7) is 3.59. The molecular formula is C20H22ClN3OS. The van der Waals surface area contributed by atoms with Crippen LogP contribution in [-0.4, -0.2) is 35.1 Å². The Hall–Kier alpha value is -2.11. The normalized spacial score (nSPS) is 14.8. The second-order valence-corrected chi connectivity index (χ2v) is 7.31. The molecule has 2 aromatic rings. The van der Waals surface area contributed by atoms with Crippen LogP contribution in [0.5, 0.6) is 0 Å². The molecule has 1 aliphatic rings. The Morgan fingerprint density at radius 2 is 1.88 bits per heavy atom. The lowest BCUT2D eigenvalue weighted by Gasteiger charge is -2.34. The van der Waals surface area contributed by atoms with Crippen LogP contribution in [0.4, 0.5) is 5.69 Å². The maximum Gasteiger partial charge on any atom is 0.251 e. The molecule has 2 N–H and O–H groups in total. The average molecular weight is 388 g/mol. The number of carbonyl (C=O) groups is 1. The van der Waals surface area contributed by atoms with Gasteiger partial charge in [-0.05, 0) is 56.2 Å². The summed E-state index contributed by atoms with van der Waals surface area (Å²) in [6.07, 6.45) is 1.73. The number of benzene rings is 2.